The molecule has 0 amide bonds. The van der Waals surface area contributed by atoms with Crippen molar-refractivity contribution in [3.05, 3.63) is 58.7 Å². The van der Waals surface area contributed by atoms with Crippen LogP contribution >= 0.6 is 0 Å². The zero-order chi connectivity index (χ0) is 15.9. The Morgan fingerprint density at radius 3 is 2.73 bits per heavy atom. The van der Waals surface area contributed by atoms with E-state index >= 15 is 0 Å². The fraction of sp³-hybridized carbons (Fsp3) is 0.353. The fourth-order valence-electron chi connectivity index (χ4n) is 2.71. The Morgan fingerprint density at radius 1 is 1.27 bits per heavy atom. The molecule has 0 aromatic heterocycles. The van der Waals surface area contributed by atoms with Gasteiger partial charge in [-0.2, -0.15) is 0 Å². The van der Waals surface area contributed by atoms with Crippen LogP contribution in [0.1, 0.15) is 13.8 Å². The summed E-state index contributed by atoms with van der Waals surface area (Å²) >= 11 is 0. The molecule has 0 fully saturated rings. The Morgan fingerprint density at radius 2 is 2.05 bits per heavy atom. The summed E-state index contributed by atoms with van der Waals surface area (Å²) in [6.07, 6.45) is 8.21. The lowest BCUT2D eigenvalue weighted by Crippen LogP contribution is -2.39. The number of methoxy groups -OCH3 is 1. The molecule has 116 valence electrons. The first-order valence-electron chi connectivity index (χ1n) is 7.26. The van der Waals surface area contributed by atoms with Crippen molar-refractivity contribution >= 4 is 5.78 Å². The molecule has 3 aliphatic rings. The van der Waals surface area contributed by atoms with E-state index in [1.165, 1.54) is 7.11 Å². The van der Waals surface area contributed by atoms with Gasteiger partial charge in [-0.05, 0) is 37.6 Å². The lowest BCUT2D eigenvalue weighted by atomic mass is 9.87. The van der Waals surface area contributed by atoms with Crippen LogP contribution in [0.5, 0.6) is 0 Å². The quantitative estimate of drug-likeness (QED) is 0.826. The Bertz CT molecular complexity index is 664. The maximum atomic E-state index is 12.0. The second-order valence-electron chi connectivity index (χ2n) is 5.69. The predicted molar refractivity (Wildman–Crippen MR) is 81.6 cm³/mol. The third-order valence-electron chi connectivity index (χ3n) is 3.72. The molecule has 5 heteroatoms. The number of hydrogen-bond donors (Lipinski definition) is 2. The van der Waals surface area contributed by atoms with Gasteiger partial charge in [0, 0.05) is 17.3 Å². The van der Waals surface area contributed by atoms with E-state index in [1.54, 1.807) is 6.08 Å². The zero-order valence-electron chi connectivity index (χ0n) is 12.8. The number of nitrogens with one attached hydrogen (secondary N) is 1. The number of allylic oxidation sites excluding steroid dienone is 2. The van der Waals surface area contributed by atoms with Crippen molar-refractivity contribution < 1.29 is 19.4 Å². The predicted octanol–water partition coefficient (Wildman–Crippen LogP) is 1.49. The normalized spacial score (nSPS) is 26.6. The van der Waals surface area contributed by atoms with Gasteiger partial charge < -0.3 is 19.9 Å². The van der Waals surface area contributed by atoms with Crippen molar-refractivity contribution in [1.82, 2.24) is 5.32 Å². The van der Waals surface area contributed by atoms with Crippen LogP contribution in [-0.2, 0) is 14.3 Å². The minimum absolute atomic E-state index is 0.00646. The number of Topliss-reactive ketones (excluding diaryl/α,β-unsaturated/α-hetero) is 1. The van der Waals surface area contributed by atoms with Crippen molar-refractivity contribution in [1.29, 1.82) is 0 Å². The molecule has 0 aromatic rings. The van der Waals surface area contributed by atoms with Crippen molar-refractivity contribution in [2.45, 2.75) is 32.1 Å². The van der Waals surface area contributed by atoms with Crippen molar-refractivity contribution in [3.8, 4) is 0 Å². The minimum Gasteiger partial charge on any atom is -0.493 e. The SMILES string of the molecule is COC1=CC2=C(C=C3C=C(OC(C)C)C=CC3N2)C(O)C1=O. The number of dihydropyridines is 1. The molecule has 5 nitrogen and oxygen atoms in total. The summed E-state index contributed by atoms with van der Waals surface area (Å²) in [7, 11) is 1.42. The molecule has 2 N–H and O–H groups in total. The van der Waals surface area contributed by atoms with Gasteiger partial charge in [-0.25, -0.2) is 0 Å². The van der Waals surface area contributed by atoms with Crippen LogP contribution in [0, 0.1) is 0 Å². The van der Waals surface area contributed by atoms with Crippen molar-refractivity contribution in [2.24, 2.45) is 0 Å². The van der Waals surface area contributed by atoms with Gasteiger partial charge >= 0.3 is 0 Å². The maximum absolute atomic E-state index is 12.0. The highest BCUT2D eigenvalue weighted by molar-refractivity contribution is 6.01. The van der Waals surface area contributed by atoms with Crippen LogP contribution < -0.4 is 5.32 Å². The Labute approximate surface area is 129 Å². The van der Waals surface area contributed by atoms with E-state index in [2.05, 4.69) is 5.32 Å². The second-order valence-corrected chi connectivity index (χ2v) is 5.69. The molecule has 2 aliphatic carbocycles. The molecule has 22 heavy (non-hydrogen) atoms. The van der Waals surface area contributed by atoms with E-state index in [0.717, 1.165) is 11.3 Å². The lowest BCUT2D eigenvalue weighted by molar-refractivity contribution is -0.124. The molecular weight excluding hydrogens is 282 g/mol. The van der Waals surface area contributed by atoms with Gasteiger partial charge in [0.25, 0.3) is 0 Å². The van der Waals surface area contributed by atoms with Gasteiger partial charge in [-0.15, -0.1) is 0 Å². The van der Waals surface area contributed by atoms with Gasteiger partial charge in [0.2, 0.25) is 5.78 Å². The van der Waals surface area contributed by atoms with Crippen LogP contribution in [0.3, 0.4) is 0 Å². The van der Waals surface area contributed by atoms with Crippen LogP contribution in [0.15, 0.2) is 58.7 Å². The van der Waals surface area contributed by atoms with E-state index in [1.807, 2.05) is 38.2 Å². The van der Waals surface area contributed by atoms with E-state index in [-0.39, 0.29) is 17.9 Å². The Kier molecular flexibility index (Phi) is 3.66. The smallest absolute Gasteiger partial charge is 0.230 e. The average molecular weight is 301 g/mol. The summed E-state index contributed by atoms with van der Waals surface area (Å²) in [5.74, 6) is 0.509. The molecule has 0 saturated carbocycles. The minimum atomic E-state index is -1.20. The number of hydrogen-bond acceptors (Lipinski definition) is 5. The van der Waals surface area contributed by atoms with E-state index < -0.39 is 11.9 Å². The van der Waals surface area contributed by atoms with Gasteiger partial charge in [-0.3, -0.25) is 4.79 Å². The summed E-state index contributed by atoms with van der Waals surface area (Å²) < 4.78 is 10.7. The standard InChI is InChI=1S/C17H19NO4/c1-9(2)22-11-4-5-13-10(6-11)7-12-14(18-13)8-15(21-3)17(20)16(12)19/h4-9,13,16,18-19H,1-3H3. The fourth-order valence-corrected chi connectivity index (χ4v) is 2.71. The number of fused-ring (bicyclic) bond motifs is 1. The number of carbonyl (C=O) groups excluding carboxylic acids is 1. The van der Waals surface area contributed by atoms with Gasteiger partial charge in [0.15, 0.2) is 5.76 Å². The molecule has 1 heterocycles. The first-order chi connectivity index (χ1) is 10.5. The molecule has 2 atom stereocenters. The summed E-state index contributed by atoms with van der Waals surface area (Å²) in [5, 5.41) is 13.5. The second kappa shape index (κ2) is 5.50. The third kappa shape index (κ3) is 2.48. The molecule has 0 saturated heterocycles. The van der Waals surface area contributed by atoms with Crippen LogP contribution in [-0.4, -0.2) is 36.2 Å². The summed E-state index contributed by atoms with van der Waals surface area (Å²) in [6.45, 7) is 3.94. The van der Waals surface area contributed by atoms with Gasteiger partial charge in [0.05, 0.1) is 19.3 Å². The summed E-state index contributed by atoms with van der Waals surface area (Å²) in [4.78, 5) is 12.0. The number of aliphatic hydroxyl groups excluding tert-OH is 1. The van der Waals surface area contributed by atoms with Gasteiger partial charge in [0.1, 0.15) is 11.9 Å². The highest BCUT2D eigenvalue weighted by atomic mass is 16.5. The molecule has 0 aromatic carbocycles. The molecule has 0 spiro atoms. The number of rotatable bonds is 3. The molecule has 2 unspecified atom stereocenters. The van der Waals surface area contributed by atoms with E-state index in [9.17, 15) is 9.90 Å². The topological polar surface area (TPSA) is 67.8 Å². The largest absolute Gasteiger partial charge is 0.493 e. The molecule has 1 aliphatic heterocycles. The van der Waals surface area contributed by atoms with Crippen molar-refractivity contribution in [3.63, 3.8) is 0 Å². The molecule has 0 radical (unpaired) electrons. The highest BCUT2D eigenvalue weighted by Gasteiger charge is 2.34. The summed E-state index contributed by atoms with van der Waals surface area (Å²) in [5.41, 5.74) is 2.23. The Hall–Kier alpha value is -2.27. The van der Waals surface area contributed by atoms with Crippen LogP contribution in [0.2, 0.25) is 0 Å². The van der Waals surface area contributed by atoms with Gasteiger partial charge in [-0.1, -0.05) is 6.08 Å². The number of carbonyl (C=O) groups is 1. The van der Waals surface area contributed by atoms with Crippen LogP contribution in [0.25, 0.3) is 0 Å². The third-order valence-corrected chi connectivity index (χ3v) is 3.72. The molecular formula is C17H19NO4. The lowest BCUT2D eigenvalue weighted by Gasteiger charge is -2.32. The Balaban J connectivity index is 1.96. The van der Waals surface area contributed by atoms with E-state index in [0.29, 0.717) is 11.3 Å². The molecule has 0 bridgehead atoms. The number of ether oxygens (including phenoxy) is 2. The van der Waals surface area contributed by atoms with Crippen LogP contribution in [0.4, 0.5) is 0 Å². The van der Waals surface area contributed by atoms with Crippen molar-refractivity contribution in [2.75, 3.05) is 7.11 Å². The number of ketones is 1. The monoisotopic (exact) mass is 301 g/mol. The van der Waals surface area contributed by atoms with E-state index in [4.69, 9.17) is 9.47 Å². The summed E-state index contributed by atoms with van der Waals surface area (Å²) in [6, 6.07) is -0.00646. The highest BCUT2D eigenvalue weighted by Crippen LogP contribution is 2.31. The first kappa shape index (κ1) is 14.7. The average Bonchev–Trinajstić information content (AvgIpc) is 2.49. The first-order valence-corrected chi connectivity index (χ1v) is 7.26. The zero-order valence-corrected chi connectivity index (χ0v) is 12.8. The maximum Gasteiger partial charge on any atom is 0.230 e. The molecule has 3 rings (SSSR count). The number of aliphatic hydroxyl groups is 1.